The Morgan fingerprint density at radius 3 is 2.62 bits per heavy atom. The molecule has 0 aliphatic carbocycles. The second kappa shape index (κ2) is 11.1. The maximum Gasteiger partial charge on any atom is 0.255 e. The molecule has 3 heterocycles. The Kier molecular flexibility index (Phi) is 8.00. The number of likely N-dealkylation sites (tertiary alicyclic amines) is 1. The zero-order valence-corrected chi connectivity index (χ0v) is 20.0. The number of rotatable bonds is 8. The van der Waals surface area contributed by atoms with E-state index in [1.54, 1.807) is 0 Å². The first-order valence-electron chi connectivity index (χ1n) is 12.3. The topological polar surface area (TPSA) is 96.7 Å². The van der Waals surface area contributed by atoms with Crippen LogP contribution in [0.3, 0.4) is 0 Å². The van der Waals surface area contributed by atoms with E-state index in [1.165, 1.54) is 17.0 Å². The summed E-state index contributed by atoms with van der Waals surface area (Å²) in [5.41, 5.74) is -0.0558. The molecule has 0 radical (unpaired) electrons. The summed E-state index contributed by atoms with van der Waals surface area (Å²) in [6, 6.07) is 11.5. The number of nitrogens with one attached hydrogen (secondary N) is 1. The average molecular weight is 469 g/mol. The molecule has 8 heteroatoms. The second-order valence-electron chi connectivity index (χ2n) is 9.80. The number of piperidine rings is 1. The predicted octanol–water partition coefficient (Wildman–Crippen LogP) is 2.63. The number of aliphatic hydroxyl groups is 1. The van der Waals surface area contributed by atoms with Crippen molar-refractivity contribution in [3.63, 3.8) is 0 Å². The standard InChI is InChI=1S/C26H36N4O4/c1-20(22-5-3-2-4-6-22)15-24(31)29-11-9-26(33,10-12-29)18-30-19-28-23(16-25(30)32)27-17-21-7-13-34-14-8-21/h2-6,16,19-21,27,33H,7-15,17-18H2,1H3. The van der Waals surface area contributed by atoms with Crippen molar-refractivity contribution in [3.05, 3.63) is 58.6 Å². The number of hydrogen-bond acceptors (Lipinski definition) is 6. The Balaban J connectivity index is 1.26. The van der Waals surface area contributed by atoms with Gasteiger partial charge in [-0.05, 0) is 43.1 Å². The van der Waals surface area contributed by atoms with Gasteiger partial charge in [0, 0.05) is 45.3 Å². The smallest absolute Gasteiger partial charge is 0.255 e. The molecule has 0 bridgehead atoms. The number of carbonyl (C=O) groups is 1. The van der Waals surface area contributed by atoms with Gasteiger partial charge in [0.1, 0.15) is 5.82 Å². The largest absolute Gasteiger partial charge is 0.388 e. The van der Waals surface area contributed by atoms with Gasteiger partial charge in [-0.25, -0.2) is 4.98 Å². The SMILES string of the molecule is CC(CC(=O)N1CCC(O)(Cn2cnc(NCC3CCOCC3)cc2=O)CC1)c1ccccc1. The summed E-state index contributed by atoms with van der Waals surface area (Å²) < 4.78 is 6.85. The number of nitrogens with zero attached hydrogens (tertiary/aromatic N) is 3. The van der Waals surface area contributed by atoms with Gasteiger partial charge in [-0.2, -0.15) is 0 Å². The first-order chi connectivity index (χ1) is 16.4. The number of amides is 1. The maximum absolute atomic E-state index is 12.8. The van der Waals surface area contributed by atoms with E-state index in [0.29, 0.717) is 44.1 Å². The molecule has 2 aromatic rings. The Bertz CT molecular complexity index is 995. The number of aromatic nitrogens is 2. The van der Waals surface area contributed by atoms with Gasteiger partial charge in [0.15, 0.2) is 0 Å². The molecule has 8 nitrogen and oxygen atoms in total. The highest BCUT2D eigenvalue weighted by atomic mass is 16.5. The van der Waals surface area contributed by atoms with Crippen LogP contribution in [0.15, 0.2) is 47.5 Å². The van der Waals surface area contributed by atoms with Crippen LogP contribution in [-0.4, -0.2) is 63.9 Å². The van der Waals surface area contributed by atoms with Crippen molar-refractivity contribution in [2.24, 2.45) is 5.92 Å². The lowest BCUT2D eigenvalue weighted by molar-refractivity contribution is -0.136. The molecule has 1 aromatic heterocycles. The molecule has 1 unspecified atom stereocenters. The second-order valence-corrected chi connectivity index (χ2v) is 9.80. The summed E-state index contributed by atoms with van der Waals surface area (Å²) in [4.78, 5) is 31.6. The molecular weight excluding hydrogens is 432 g/mol. The number of carbonyl (C=O) groups excluding carboxylic acids is 1. The van der Waals surface area contributed by atoms with Crippen LogP contribution in [0.4, 0.5) is 5.82 Å². The Hall–Kier alpha value is -2.71. The van der Waals surface area contributed by atoms with Crippen molar-refractivity contribution < 1.29 is 14.6 Å². The Labute approximate surface area is 201 Å². The first-order valence-corrected chi connectivity index (χ1v) is 12.3. The first kappa shape index (κ1) is 24.4. The molecule has 1 aromatic carbocycles. The normalized spacial score (nSPS) is 19.5. The van der Waals surface area contributed by atoms with E-state index in [0.717, 1.165) is 38.2 Å². The van der Waals surface area contributed by atoms with Gasteiger partial charge >= 0.3 is 0 Å². The number of benzene rings is 1. The van der Waals surface area contributed by atoms with E-state index in [1.807, 2.05) is 35.2 Å². The van der Waals surface area contributed by atoms with Gasteiger partial charge in [-0.3, -0.25) is 14.2 Å². The van der Waals surface area contributed by atoms with Crippen molar-refractivity contribution >= 4 is 11.7 Å². The van der Waals surface area contributed by atoms with Gasteiger partial charge in [0.25, 0.3) is 5.56 Å². The molecule has 1 amide bonds. The number of anilines is 1. The van der Waals surface area contributed by atoms with E-state index in [-0.39, 0.29) is 23.9 Å². The quantitative estimate of drug-likeness (QED) is 0.618. The van der Waals surface area contributed by atoms with Crippen molar-refractivity contribution in [1.29, 1.82) is 0 Å². The maximum atomic E-state index is 12.8. The lowest BCUT2D eigenvalue weighted by atomic mass is 9.90. The van der Waals surface area contributed by atoms with Crippen molar-refractivity contribution in [1.82, 2.24) is 14.5 Å². The molecule has 34 heavy (non-hydrogen) atoms. The summed E-state index contributed by atoms with van der Waals surface area (Å²) in [7, 11) is 0. The Morgan fingerprint density at radius 2 is 1.94 bits per heavy atom. The summed E-state index contributed by atoms with van der Waals surface area (Å²) in [6.07, 6.45) is 4.87. The molecule has 2 aliphatic rings. The summed E-state index contributed by atoms with van der Waals surface area (Å²) in [5.74, 6) is 1.35. The minimum atomic E-state index is -1.02. The van der Waals surface area contributed by atoms with Crippen LogP contribution in [-0.2, 0) is 16.1 Å². The third-order valence-corrected chi connectivity index (χ3v) is 7.15. The van der Waals surface area contributed by atoms with Gasteiger partial charge in [-0.1, -0.05) is 37.3 Å². The van der Waals surface area contributed by atoms with Gasteiger partial charge in [-0.15, -0.1) is 0 Å². The summed E-state index contributed by atoms with van der Waals surface area (Å²) in [6.45, 7) is 5.57. The monoisotopic (exact) mass is 468 g/mol. The van der Waals surface area contributed by atoms with Gasteiger partial charge < -0.3 is 20.1 Å². The summed E-state index contributed by atoms with van der Waals surface area (Å²) >= 11 is 0. The van der Waals surface area contributed by atoms with Crippen LogP contribution in [0.5, 0.6) is 0 Å². The van der Waals surface area contributed by atoms with E-state index in [9.17, 15) is 14.7 Å². The van der Waals surface area contributed by atoms with Crippen molar-refractivity contribution in [2.75, 3.05) is 38.2 Å². The molecule has 184 valence electrons. The average Bonchev–Trinajstić information content (AvgIpc) is 2.86. The highest BCUT2D eigenvalue weighted by molar-refractivity contribution is 5.77. The highest BCUT2D eigenvalue weighted by Gasteiger charge is 2.34. The minimum absolute atomic E-state index is 0.109. The zero-order chi connectivity index (χ0) is 24.0. The highest BCUT2D eigenvalue weighted by Crippen LogP contribution is 2.26. The number of hydrogen-bond donors (Lipinski definition) is 2. The molecule has 2 aliphatic heterocycles. The fourth-order valence-corrected chi connectivity index (χ4v) is 4.78. The molecule has 2 saturated heterocycles. The fraction of sp³-hybridized carbons (Fsp3) is 0.577. The van der Waals surface area contributed by atoms with Crippen LogP contribution < -0.4 is 10.9 Å². The fourth-order valence-electron chi connectivity index (χ4n) is 4.78. The van der Waals surface area contributed by atoms with Gasteiger partial charge in [0.05, 0.1) is 18.5 Å². The molecule has 0 saturated carbocycles. The van der Waals surface area contributed by atoms with Crippen LogP contribution in [0, 0.1) is 5.92 Å². The van der Waals surface area contributed by atoms with Crippen molar-refractivity contribution in [3.8, 4) is 0 Å². The van der Waals surface area contributed by atoms with E-state index in [2.05, 4.69) is 17.2 Å². The molecule has 0 spiro atoms. The molecule has 4 rings (SSSR count). The van der Waals surface area contributed by atoms with Crippen LogP contribution in [0.25, 0.3) is 0 Å². The molecule has 1 atom stereocenters. The van der Waals surface area contributed by atoms with E-state index >= 15 is 0 Å². The third-order valence-electron chi connectivity index (χ3n) is 7.15. The Morgan fingerprint density at radius 1 is 1.24 bits per heavy atom. The number of ether oxygens (including phenoxy) is 1. The summed E-state index contributed by atoms with van der Waals surface area (Å²) in [5, 5.41) is 14.4. The van der Waals surface area contributed by atoms with E-state index < -0.39 is 5.60 Å². The predicted molar refractivity (Wildman–Crippen MR) is 131 cm³/mol. The minimum Gasteiger partial charge on any atom is -0.388 e. The molecule has 2 N–H and O–H groups in total. The molecule has 2 fully saturated rings. The third kappa shape index (κ3) is 6.45. The van der Waals surface area contributed by atoms with Crippen LogP contribution >= 0.6 is 0 Å². The van der Waals surface area contributed by atoms with Crippen LogP contribution in [0.2, 0.25) is 0 Å². The van der Waals surface area contributed by atoms with E-state index in [4.69, 9.17) is 4.74 Å². The molecular formula is C26H36N4O4. The zero-order valence-electron chi connectivity index (χ0n) is 20.0. The van der Waals surface area contributed by atoms with Gasteiger partial charge in [0.2, 0.25) is 5.91 Å². The van der Waals surface area contributed by atoms with Crippen LogP contribution in [0.1, 0.15) is 50.5 Å². The van der Waals surface area contributed by atoms with Crippen molar-refractivity contribution in [2.45, 2.75) is 57.1 Å². The lowest BCUT2D eigenvalue weighted by Crippen LogP contribution is -2.49. The lowest BCUT2D eigenvalue weighted by Gasteiger charge is -2.38.